The molecule has 0 bridgehead atoms. The molecule has 92 valence electrons. The Kier molecular flexibility index (Phi) is 4.56. The lowest BCUT2D eigenvalue weighted by molar-refractivity contribution is 0.393. The van der Waals surface area contributed by atoms with Gasteiger partial charge in [0.15, 0.2) is 0 Å². The minimum atomic E-state index is 0.284. The van der Waals surface area contributed by atoms with Gasteiger partial charge in [-0.3, -0.25) is 0 Å². The molecule has 0 nitrogen and oxygen atoms in total. The van der Waals surface area contributed by atoms with Crippen molar-refractivity contribution < 1.29 is 0 Å². The van der Waals surface area contributed by atoms with Gasteiger partial charge in [0.25, 0.3) is 0 Å². The van der Waals surface area contributed by atoms with Crippen LogP contribution in [-0.4, -0.2) is 15.9 Å². The van der Waals surface area contributed by atoms with Gasteiger partial charge in [-0.05, 0) is 31.8 Å². The third-order valence-electron chi connectivity index (χ3n) is 3.62. The van der Waals surface area contributed by atoms with Crippen molar-refractivity contribution in [3.63, 3.8) is 0 Å². The van der Waals surface area contributed by atoms with Crippen LogP contribution in [0.2, 0.25) is 0 Å². The van der Waals surface area contributed by atoms with Crippen molar-refractivity contribution in [2.75, 3.05) is 5.75 Å². The van der Waals surface area contributed by atoms with E-state index in [1.165, 1.54) is 5.75 Å². The van der Waals surface area contributed by atoms with E-state index < -0.39 is 0 Å². The van der Waals surface area contributed by atoms with E-state index in [2.05, 4.69) is 31.4 Å². The zero-order chi connectivity index (χ0) is 12.3. The topological polar surface area (TPSA) is 0 Å². The molecule has 0 N–H and O–H groups in total. The van der Waals surface area contributed by atoms with Crippen molar-refractivity contribution in [3.8, 4) is 0 Å². The molecule has 17 heavy (non-hydrogen) atoms. The lowest BCUT2D eigenvalue weighted by Gasteiger charge is -2.34. The number of allylic oxidation sites excluding steroid dienone is 4. The summed E-state index contributed by atoms with van der Waals surface area (Å²) in [5.41, 5.74) is 1.85. The van der Waals surface area contributed by atoms with E-state index >= 15 is 0 Å². The van der Waals surface area contributed by atoms with E-state index in [1.54, 1.807) is 5.57 Å². The highest BCUT2D eigenvalue weighted by Gasteiger charge is 2.46. The smallest absolute Gasteiger partial charge is 0.0290 e. The van der Waals surface area contributed by atoms with Gasteiger partial charge in [0.1, 0.15) is 0 Å². The van der Waals surface area contributed by atoms with Gasteiger partial charge in [-0.2, -0.15) is 0 Å². The second kappa shape index (κ2) is 5.77. The van der Waals surface area contributed by atoms with Gasteiger partial charge in [0, 0.05) is 21.3 Å². The highest BCUT2D eigenvalue weighted by Crippen LogP contribution is 2.58. The number of rotatable bonds is 5. The quantitative estimate of drug-likeness (QED) is 0.396. The lowest BCUT2D eigenvalue weighted by atomic mass is 9.74. The molecule has 0 saturated carbocycles. The van der Waals surface area contributed by atoms with Crippen molar-refractivity contribution in [1.29, 1.82) is 0 Å². The fraction of sp³-hybridized carbons (Fsp3) is 0.500. The number of thiocarbonyl (C=S) groups is 1. The number of hydrogen-bond donors (Lipinski definition) is 0. The molecule has 2 atom stereocenters. The van der Waals surface area contributed by atoms with Crippen molar-refractivity contribution in [2.45, 2.75) is 30.9 Å². The zero-order valence-corrected chi connectivity index (χ0v) is 12.4. The van der Waals surface area contributed by atoms with Gasteiger partial charge in [-0.25, -0.2) is 0 Å². The molecule has 0 spiro atoms. The van der Waals surface area contributed by atoms with Crippen molar-refractivity contribution >= 4 is 38.7 Å². The molecule has 1 aliphatic heterocycles. The summed E-state index contributed by atoms with van der Waals surface area (Å²) in [7, 11) is 4.01. The summed E-state index contributed by atoms with van der Waals surface area (Å²) >= 11 is 5.33. The van der Waals surface area contributed by atoms with E-state index in [0.717, 1.165) is 30.5 Å². The van der Waals surface area contributed by atoms with E-state index in [1.807, 2.05) is 21.6 Å². The average molecular weight is 282 g/mol. The van der Waals surface area contributed by atoms with Gasteiger partial charge in [0.2, 0.25) is 0 Å². The molecule has 0 aromatic carbocycles. The van der Waals surface area contributed by atoms with Gasteiger partial charge in [-0.15, -0.1) is 13.2 Å². The Morgan fingerprint density at radius 3 is 2.82 bits per heavy atom. The molecule has 1 fully saturated rings. The van der Waals surface area contributed by atoms with Crippen LogP contribution in [-0.2, 0) is 0 Å². The predicted octanol–water partition coefficient (Wildman–Crippen LogP) is 4.98. The van der Waals surface area contributed by atoms with E-state index in [0.29, 0.717) is 5.25 Å². The van der Waals surface area contributed by atoms with Crippen LogP contribution in [0, 0.1) is 5.41 Å². The Morgan fingerprint density at radius 1 is 1.41 bits per heavy atom. The van der Waals surface area contributed by atoms with Crippen molar-refractivity contribution in [1.82, 2.24) is 0 Å². The fourth-order valence-corrected chi connectivity index (χ4v) is 6.83. The molecule has 2 unspecified atom stereocenters. The monoisotopic (exact) mass is 282 g/mol. The molecule has 0 radical (unpaired) electrons. The molecule has 0 aromatic rings. The summed E-state index contributed by atoms with van der Waals surface area (Å²) in [5.74, 6) is 1.19. The zero-order valence-electron chi connectivity index (χ0n) is 9.98. The second-order valence-corrected chi connectivity index (χ2v) is 7.75. The highest BCUT2D eigenvalue weighted by atomic mass is 33.1. The van der Waals surface area contributed by atoms with Crippen LogP contribution in [0.4, 0.5) is 0 Å². The van der Waals surface area contributed by atoms with E-state index in [9.17, 15) is 0 Å². The van der Waals surface area contributed by atoms with Gasteiger partial charge in [-0.1, -0.05) is 51.5 Å². The Morgan fingerprint density at radius 2 is 2.24 bits per heavy atom. The molecular formula is C14H18S3. The second-order valence-electron chi connectivity index (χ2n) is 4.66. The first-order valence-corrected chi connectivity index (χ1v) is 8.76. The Hall–Kier alpha value is 0.01000. The molecule has 1 saturated heterocycles. The third kappa shape index (κ3) is 2.56. The van der Waals surface area contributed by atoms with Crippen LogP contribution in [0.15, 0.2) is 37.0 Å². The maximum absolute atomic E-state index is 5.33. The summed E-state index contributed by atoms with van der Waals surface area (Å²) < 4.78 is 0. The highest BCUT2D eigenvalue weighted by molar-refractivity contribution is 8.77. The summed E-state index contributed by atoms with van der Waals surface area (Å²) in [5, 5.41) is 0.634. The summed E-state index contributed by atoms with van der Waals surface area (Å²) in [4.78, 5) is 1.13. The first-order valence-electron chi connectivity index (χ1n) is 5.97. The summed E-state index contributed by atoms with van der Waals surface area (Å²) in [6.45, 7) is 7.85. The molecule has 3 heteroatoms. The molecular weight excluding hydrogens is 264 g/mol. The summed E-state index contributed by atoms with van der Waals surface area (Å²) in [6.07, 6.45) is 10.8. The minimum absolute atomic E-state index is 0.284. The van der Waals surface area contributed by atoms with Gasteiger partial charge < -0.3 is 0 Å². The number of hydrogen-bond acceptors (Lipinski definition) is 3. The average Bonchev–Trinajstić information content (AvgIpc) is 2.88. The van der Waals surface area contributed by atoms with Gasteiger partial charge >= 0.3 is 0 Å². The normalized spacial score (nSPS) is 32.6. The van der Waals surface area contributed by atoms with Crippen LogP contribution in [0.3, 0.4) is 0 Å². The van der Waals surface area contributed by atoms with Crippen LogP contribution >= 0.6 is 33.8 Å². The Labute approximate surface area is 117 Å². The first-order chi connectivity index (χ1) is 8.23. The predicted molar refractivity (Wildman–Crippen MR) is 85.8 cm³/mol. The largest absolute Gasteiger partial charge is 0.103 e. The molecule has 1 aliphatic carbocycles. The maximum atomic E-state index is 5.33. The van der Waals surface area contributed by atoms with Crippen molar-refractivity contribution in [3.05, 3.63) is 37.0 Å². The minimum Gasteiger partial charge on any atom is -0.103 e. The first kappa shape index (κ1) is 13.4. The van der Waals surface area contributed by atoms with Gasteiger partial charge in [0.05, 0.1) is 0 Å². The summed E-state index contributed by atoms with van der Waals surface area (Å²) in [6, 6.07) is 0. The molecule has 2 rings (SSSR count). The van der Waals surface area contributed by atoms with Crippen LogP contribution in [0.1, 0.15) is 25.7 Å². The third-order valence-corrected chi connectivity index (χ3v) is 7.05. The molecule has 2 aliphatic rings. The lowest BCUT2D eigenvalue weighted by Crippen LogP contribution is -2.32. The SMILES string of the molecule is C=CCC1SSCC1(CC=C)C1=CC(=S)CC1. The van der Waals surface area contributed by atoms with Crippen LogP contribution in [0.5, 0.6) is 0 Å². The maximum Gasteiger partial charge on any atom is 0.0290 e. The standard InChI is InChI=1S/C14H18S3/c1-3-5-13-14(8-4-2,10-16-17-13)11-6-7-12(15)9-11/h3-4,9,13H,1-2,5-8,10H2. The Balaban J connectivity index is 2.30. The molecule has 1 heterocycles. The van der Waals surface area contributed by atoms with E-state index in [-0.39, 0.29) is 5.41 Å². The van der Waals surface area contributed by atoms with Crippen molar-refractivity contribution in [2.24, 2.45) is 5.41 Å². The van der Waals surface area contributed by atoms with Crippen LogP contribution < -0.4 is 0 Å². The molecule has 0 amide bonds. The fourth-order valence-electron chi connectivity index (χ4n) is 2.69. The van der Waals surface area contributed by atoms with E-state index in [4.69, 9.17) is 12.2 Å². The molecule has 0 aromatic heterocycles. The Bertz CT molecular complexity index is 370. The van der Waals surface area contributed by atoms with Crippen LogP contribution in [0.25, 0.3) is 0 Å².